The van der Waals surface area contributed by atoms with Gasteiger partial charge in [0.25, 0.3) is 0 Å². The summed E-state index contributed by atoms with van der Waals surface area (Å²) in [7, 11) is 1.34. The smallest absolute Gasteiger partial charge is 0.337 e. The molecule has 0 saturated heterocycles. The molecule has 0 aliphatic heterocycles. The van der Waals surface area contributed by atoms with Gasteiger partial charge in [0.15, 0.2) is 5.15 Å². The maximum absolute atomic E-state index is 11.5. The van der Waals surface area contributed by atoms with Gasteiger partial charge in [-0.2, -0.15) is 0 Å². The van der Waals surface area contributed by atoms with Crippen LogP contribution >= 0.6 is 11.6 Å². The molecule has 20 heavy (non-hydrogen) atoms. The molecule has 0 N–H and O–H groups in total. The van der Waals surface area contributed by atoms with Crippen LogP contribution in [0.3, 0.4) is 0 Å². The molecular formula is C14H10ClN3O2. The topological polar surface area (TPSA) is 56.5 Å². The number of nitrogens with zero attached hydrogens (tertiary/aromatic N) is 3. The molecule has 3 heterocycles. The average Bonchev–Trinajstić information content (AvgIpc) is 2.84. The molecule has 3 aromatic rings. The average molecular weight is 288 g/mol. The standard InChI is InChI=1S/C14H10ClN3O2/c1-20-14(19)10-4-7-18-11(8-10)12(15)17-13(18)9-2-5-16-6-3-9/h2-8H,1H3. The second-order valence-corrected chi connectivity index (χ2v) is 4.48. The van der Waals surface area contributed by atoms with Crippen LogP contribution in [0.4, 0.5) is 0 Å². The second kappa shape index (κ2) is 4.94. The number of imidazole rings is 1. The van der Waals surface area contributed by atoms with Crippen LogP contribution in [0.5, 0.6) is 0 Å². The highest BCUT2D eigenvalue weighted by molar-refractivity contribution is 6.33. The Morgan fingerprint density at radius 2 is 2.05 bits per heavy atom. The van der Waals surface area contributed by atoms with E-state index in [0.717, 1.165) is 5.56 Å². The lowest BCUT2D eigenvalue weighted by Crippen LogP contribution is -2.02. The fourth-order valence-electron chi connectivity index (χ4n) is 2.00. The van der Waals surface area contributed by atoms with Gasteiger partial charge in [-0.05, 0) is 24.3 Å². The fraction of sp³-hybridized carbons (Fsp3) is 0.0714. The van der Waals surface area contributed by atoms with Gasteiger partial charge in [-0.3, -0.25) is 9.38 Å². The third-order valence-corrected chi connectivity index (χ3v) is 3.24. The molecule has 0 amide bonds. The molecule has 6 heteroatoms. The van der Waals surface area contributed by atoms with Crippen molar-refractivity contribution in [2.45, 2.75) is 0 Å². The van der Waals surface area contributed by atoms with Crippen LogP contribution in [-0.4, -0.2) is 27.4 Å². The minimum absolute atomic E-state index is 0.336. The first-order valence-corrected chi connectivity index (χ1v) is 6.25. The highest BCUT2D eigenvalue weighted by atomic mass is 35.5. The van der Waals surface area contributed by atoms with Crippen LogP contribution in [0, 0.1) is 0 Å². The SMILES string of the molecule is COC(=O)c1ccn2c(-c3ccncc3)nc(Cl)c2c1. The highest BCUT2D eigenvalue weighted by Crippen LogP contribution is 2.26. The van der Waals surface area contributed by atoms with Crippen LogP contribution in [0.25, 0.3) is 16.9 Å². The highest BCUT2D eigenvalue weighted by Gasteiger charge is 2.14. The van der Waals surface area contributed by atoms with Gasteiger partial charge >= 0.3 is 5.97 Å². The fourth-order valence-corrected chi connectivity index (χ4v) is 2.22. The van der Waals surface area contributed by atoms with Crippen molar-refractivity contribution < 1.29 is 9.53 Å². The lowest BCUT2D eigenvalue weighted by atomic mass is 10.2. The predicted octanol–water partition coefficient (Wildman–Crippen LogP) is 2.84. The Labute approximate surface area is 119 Å². The van der Waals surface area contributed by atoms with Gasteiger partial charge in [-0.1, -0.05) is 11.6 Å². The van der Waals surface area contributed by atoms with Crippen molar-refractivity contribution in [2.75, 3.05) is 7.11 Å². The molecule has 0 saturated carbocycles. The minimum atomic E-state index is -0.407. The summed E-state index contributed by atoms with van der Waals surface area (Å²) in [6.07, 6.45) is 5.12. The Balaban J connectivity index is 2.20. The lowest BCUT2D eigenvalue weighted by Gasteiger charge is -2.03. The van der Waals surface area contributed by atoms with E-state index in [4.69, 9.17) is 16.3 Å². The molecule has 5 nitrogen and oxygen atoms in total. The molecule has 0 aliphatic rings. The summed E-state index contributed by atoms with van der Waals surface area (Å²) < 4.78 is 6.52. The van der Waals surface area contributed by atoms with Crippen LogP contribution in [0.15, 0.2) is 42.9 Å². The number of esters is 1. The summed E-state index contributed by atoms with van der Waals surface area (Å²) >= 11 is 6.15. The van der Waals surface area contributed by atoms with Gasteiger partial charge in [-0.15, -0.1) is 0 Å². The summed E-state index contributed by atoms with van der Waals surface area (Å²) in [6, 6.07) is 7.02. The number of fused-ring (bicyclic) bond motifs is 1. The van der Waals surface area contributed by atoms with Gasteiger partial charge in [0.05, 0.1) is 18.2 Å². The molecule has 0 aliphatic carbocycles. The molecule has 0 unspecified atom stereocenters. The van der Waals surface area contributed by atoms with Crippen LogP contribution in [0.2, 0.25) is 5.15 Å². The van der Waals surface area contributed by atoms with Crippen molar-refractivity contribution in [3.05, 3.63) is 53.6 Å². The Kier molecular flexibility index (Phi) is 3.12. The Morgan fingerprint density at radius 1 is 1.30 bits per heavy atom. The number of ether oxygens (including phenoxy) is 1. The first kappa shape index (κ1) is 12.6. The largest absolute Gasteiger partial charge is 0.465 e. The van der Waals surface area contributed by atoms with Crippen molar-refractivity contribution >= 4 is 23.1 Å². The number of rotatable bonds is 2. The van der Waals surface area contributed by atoms with Gasteiger partial charge in [-0.25, -0.2) is 9.78 Å². The summed E-state index contributed by atoms with van der Waals surface area (Å²) in [6.45, 7) is 0. The quantitative estimate of drug-likeness (QED) is 0.680. The third-order valence-electron chi connectivity index (χ3n) is 2.96. The zero-order chi connectivity index (χ0) is 14.1. The first-order valence-electron chi connectivity index (χ1n) is 5.87. The zero-order valence-electron chi connectivity index (χ0n) is 10.6. The lowest BCUT2D eigenvalue weighted by molar-refractivity contribution is 0.0601. The number of carbonyl (C=O) groups excluding carboxylic acids is 1. The summed E-state index contributed by atoms with van der Waals surface area (Å²) in [5, 5.41) is 0.336. The van der Waals surface area contributed by atoms with E-state index in [1.165, 1.54) is 7.11 Å². The molecule has 0 atom stereocenters. The summed E-state index contributed by atoms with van der Waals surface area (Å²) in [5.41, 5.74) is 1.98. The molecule has 100 valence electrons. The van der Waals surface area contributed by atoms with Crippen LogP contribution in [-0.2, 0) is 4.74 Å². The van der Waals surface area contributed by atoms with E-state index < -0.39 is 5.97 Å². The molecule has 0 radical (unpaired) electrons. The number of pyridine rings is 2. The summed E-state index contributed by atoms with van der Waals surface area (Å²) in [5.74, 6) is 0.291. The number of aromatic nitrogens is 3. The van der Waals surface area contributed by atoms with Gasteiger partial charge in [0.2, 0.25) is 0 Å². The number of carbonyl (C=O) groups is 1. The van der Waals surface area contributed by atoms with Crippen molar-refractivity contribution in [3.8, 4) is 11.4 Å². The molecule has 0 spiro atoms. The molecule has 3 aromatic heterocycles. The van der Waals surface area contributed by atoms with E-state index in [1.54, 1.807) is 30.7 Å². The molecular weight excluding hydrogens is 278 g/mol. The van der Waals surface area contributed by atoms with Crippen LogP contribution in [0.1, 0.15) is 10.4 Å². The Morgan fingerprint density at radius 3 is 2.75 bits per heavy atom. The van der Waals surface area contributed by atoms with Crippen molar-refractivity contribution in [1.82, 2.24) is 14.4 Å². The molecule has 0 aromatic carbocycles. The van der Waals surface area contributed by atoms with E-state index in [1.807, 2.05) is 16.5 Å². The van der Waals surface area contributed by atoms with Crippen molar-refractivity contribution in [2.24, 2.45) is 0 Å². The first-order chi connectivity index (χ1) is 9.70. The number of hydrogen-bond acceptors (Lipinski definition) is 4. The number of hydrogen-bond donors (Lipinski definition) is 0. The minimum Gasteiger partial charge on any atom is -0.465 e. The normalized spacial score (nSPS) is 10.7. The van der Waals surface area contributed by atoms with Gasteiger partial charge in [0, 0.05) is 24.2 Å². The van der Waals surface area contributed by atoms with E-state index in [0.29, 0.717) is 22.1 Å². The van der Waals surface area contributed by atoms with E-state index in [2.05, 4.69) is 9.97 Å². The van der Waals surface area contributed by atoms with E-state index in [-0.39, 0.29) is 0 Å². The molecule has 3 rings (SSSR count). The maximum Gasteiger partial charge on any atom is 0.337 e. The number of halogens is 1. The molecule has 0 bridgehead atoms. The summed E-state index contributed by atoms with van der Waals surface area (Å²) in [4.78, 5) is 19.9. The second-order valence-electron chi connectivity index (χ2n) is 4.12. The molecule has 0 fully saturated rings. The Hall–Kier alpha value is -2.40. The van der Waals surface area contributed by atoms with Crippen LogP contribution < -0.4 is 0 Å². The van der Waals surface area contributed by atoms with E-state index >= 15 is 0 Å². The maximum atomic E-state index is 11.5. The Bertz CT molecular complexity index is 784. The van der Waals surface area contributed by atoms with Gasteiger partial charge < -0.3 is 4.74 Å². The van der Waals surface area contributed by atoms with Gasteiger partial charge in [0.1, 0.15) is 5.82 Å². The monoisotopic (exact) mass is 287 g/mol. The third kappa shape index (κ3) is 2.02. The predicted molar refractivity (Wildman–Crippen MR) is 74.8 cm³/mol. The number of methoxy groups -OCH3 is 1. The zero-order valence-corrected chi connectivity index (χ0v) is 11.3. The van der Waals surface area contributed by atoms with Crippen molar-refractivity contribution in [3.63, 3.8) is 0 Å². The van der Waals surface area contributed by atoms with Crippen molar-refractivity contribution in [1.29, 1.82) is 0 Å². The van der Waals surface area contributed by atoms with E-state index in [9.17, 15) is 4.79 Å².